The van der Waals surface area contributed by atoms with Crippen molar-refractivity contribution >= 4 is 6.29 Å². The van der Waals surface area contributed by atoms with Gasteiger partial charge in [0.25, 0.3) is 0 Å². The lowest BCUT2D eigenvalue weighted by molar-refractivity contribution is -0.115. The highest BCUT2D eigenvalue weighted by atomic mass is 16.3. The second-order valence-corrected chi connectivity index (χ2v) is 3.32. The van der Waals surface area contributed by atoms with Gasteiger partial charge in [-0.15, -0.1) is 0 Å². The van der Waals surface area contributed by atoms with Crippen LogP contribution in [0.3, 0.4) is 0 Å². The molecule has 0 saturated carbocycles. The number of aliphatic hydroxyl groups excluding tert-OH is 2. The predicted molar refractivity (Wildman–Crippen MR) is 46.7 cm³/mol. The van der Waals surface area contributed by atoms with Gasteiger partial charge >= 0.3 is 0 Å². The summed E-state index contributed by atoms with van der Waals surface area (Å²) in [5, 5.41) is 18.9. The highest BCUT2D eigenvalue weighted by Gasteiger charge is 2.25. The van der Waals surface area contributed by atoms with Crippen LogP contribution in [0.4, 0.5) is 0 Å². The second kappa shape index (κ2) is 5.27. The molecule has 0 saturated heterocycles. The number of hydrogen-bond acceptors (Lipinski definition) is 3. The standard InChI is InChI=1S/C9H18O3/c1-4-8(11)7(3)9(12)6(2)5-10/h5-9,11-12H,4H2,1-3H3/t6-,7+,8-,9-/m1/s1. The summed E-state index contributed by atoms with van der Waals surface area (Å²) in [6, 6.07) is 0. The first-order chi connectivity index (χ1) is 5.54. The molecule has 0 heterocycles. The normalized spacial score (nSPS) is 21.1. The van der Waals surface area contributed by atoms with Crippen molar-refractivity contribution < 1.29 is 15.0 Å². The number of aliphatic hydroxyl groups is 2. The Morgan fingerprint density at radius 2 is 1.83 bits per heavy atom. The van der Waals surface area contributed by atoms with Crippen LogP contribution in [-0.2, 0) is 4.79 Å². The fourth-order valence-electron chi connectivity index (χ4n) is 1.16. The van der Waals surface area contributed by atoms with E-state index in [1.807, 2.05) is 6.92 Å². The SMILES string of the molecule is CC[C@@H](O)[C@H](C)[C@H](O)[C@H](C)C=O. The molecule has 2 N–H and O–H groups in total. The summed E-state index contributed by atoms with van der Waals surface area (Å²) in [7, 11) is 0. The molecule has 3 nitrogen and oxygen atoms in total. The molecule has 0 aromatic heterocycles. The topological polar surface area (TPSA) is 57.5 Å². The zero-order valence-electron chi connectivity index (χ0n) is 7.90. The molecule has 72 valence electrons. The summed E-state index contributed by atoms with van der Waals surface area (Å²) < 4.78 is 0. The molecule has 12 heavy (non-hydrogen) atoms. The first-order valence-corrected chi connectivity index (χ1v) is 4.36. The number of aldehydes is 1. The molecule has 4 atom stereocenters. The van der Waals surface area contributed by atoms with Crippen LogP contribution in [0.5, 0.6) is 0 Å². The van der Waals surface area contributed by atoms with Crippen LogP contribution in [-0.4, -0.2) is 28.7 Å². The summed E-state index contributed by atoms with van der Waals surface area (Å²) in [4.78, 5) is 10.3. The van der Waals surface area contributed by atoms with Crippen molar-refractivity contribution in [2.45, 2.75) is 39.4 Å². The Labute approximate surface area is 73.4 Å². The summed E-state index contributed by atoms with van der Waals surface area (Å²) in [5.74, 6) is -0.642. The Balaban J connectivity index is 4.07. The summed E-state index contributed by atoms with van der Waals surface area (Å²) in [5.41, 5.74) is 0. The van der Waals surface area contributed by atoms with Crippen LogP contribution in [0.2, 0.25) is 0 Å². The first kappa shape index (κ1) is 11.6. The largest absolute Gasteiger partial charge is 0.393 e. The molecule has 0 aliphatic heterocycles. The average Bonchev–Trinajstić information content (AvgIpc) is 2.12. The average molecular weight is 174 g/mol. The molecule has 0 fully saturated rings. The minimum atomic E-state index is -0.738. The van der Waals surface area contributed by atoms with E-state index in [1.165, 1.54) is 0 Å². The van der Waals surface area contributed by atoms with E-state index in [0.29, 0.717) is 12.7 Å². The van der Waals surface area contributed by atoms with E-state index in [2.05, 4.69) is 0 Å². The van der Waals surface area contributed by atoms with Gasteiger partial charge in [0, 0.05) is 11.8 Å². The van der Waals surface area contributed by atoms with Crippen LogP contribution in [0.15, 0.2) is 0 Å². The van der Waals surface area contributed by atoms with Crippen LogP contribution in [0.25, 0.3) is 0 Å². The predicted octanol–water partition coefficient (Wildman–Crippen LogP) is 0.589. The van der Waals surface area contributed by atoms with Gasteiger partial charge in [-0.05, 0) is 6.42 Å². The first-order valence-electron chi connectivity index (χ1n) is 4.36. The number of carbonyl (C=O) groups is 1. The van der Waals surface area contributed by atoms with E-state index in [1.54, 1.807) is 13.8 Å². The van der Waals surface area contributed by atoms with E-state index in [0.717, 1.165) is 0 Å². The Morgan fingerprint density at radius 1 is 1.33 bits per heavy atom. The minimum absolute atomic E-state index is 0.241. The fraction of sp³-hybridized carbons (Fsp3) is 0.889. The molecule has 0 rings (SSSR count). The third kappa shape index (κ3) is 2.91. The Bertz CT molecular complexity index is 136. The van der Waals surface area contributed by atoms with Crippen molar-refractivity contribution in [3.8, 4) is 0 Å². The molecule has 0 radical (unpaired) electrons. The van der Waals surface area contributed by atoms with Gasteiger partial charge in [0.15, 0.2) is 0 Å². The van der Waals surface area contributed by atoms with Gasteiger partial charge in [0.1, 0.15) is 6.29 Å². The van der Waals surface area contributed by atoms with Crippen molar-refractivity contribution in [1.29, 1.82) is 0 Å². The number of carbonyl (C=O) groups excluding carboxylic acids is 1. The maximum absolute atomic E-state index is 10.3. The molecule has 0 aliphatic carbocycles. The lowest BCUT2D eigenvalue weighted by Gasteiger charge is -2.25. The van der Waals surface area contributed by atoms with E-state index >= 15 is 0 Å². The van der Waals surface area contributed by atoms with Gasteiger partial charge in [-0.3, -0.25) is 0 Å². The maximum Gasteiger partial charge on any atom is 0.125 e. The smallest absolute Gasteiger partial charge is 0.125 e. The Hall–Kier alpha value is -0.410. The molecule has 0 amide bonds. The quantitative estimate of drug-likeness (QED) is 0.600. The fourth-order valence-corrected chi connectivity index (χ4v) is 1.16. The van der Waals surface area contributed by atoms with Crippen LogP contribution in [0, 0.1) is 11.8 Å². The van der Waals surface area contributed by atoms with Gasteiger partial charge in [-0.2, -0.15) is 0 Å². The molecule has 3 heteroatoms. The van der Waals surface area contributed by atoms with E-state index in [9.17, 15) is 15.0 Å². The van der Waals surface area contributed by atoms with Crippen molar-refractivity contribution in [1.82, 2.24) is 0 Å². The van der Waals surface area contributed by atoms with Gasteiger partial charge < -0.3 is 15.0 Å². The van der Waals surface area contributed by atoms with E-state index < -0.39 is 18.1 Å². The number of rotatable bonds is 5. The molecule has 0 aromatic rings. The maximum atomic E-state index is 10.3. The molecule has 0 aliphatic rings. The zero-order valence-corrected chi connectivity index (χ0v) is 7.90. The zero-order chi connectivity index (χ0) is 9.72. The van der Waals surface area contributed by atoms with Crippen LogP contribution >= 0.6 is 0 Å². The minimum Gasteiger partial charge on any atom is -0.393 e. The monoisotopic (exact) mass is 174 g/mol. The van der Waals surface area contributed by atoms with Crippen molar-refractivity contribution in [3.63, 3.8) is 0 Å². The molecule has 0 aromatic carbocycles. The summed E-state index contributed by atoms with van der Waals surface area (Å²) >= 11 is 0. The van der Waals surface area contributed by atoms with Crippen molar-refractivity contribution in [3.05, 3.63) is 0 Å². The Kier molecular flexibility index (Phi) is 5.09. The van der Waals surface area contributed by atoms with Crippen molar-refractivity contribution in [2.24, 2.45) is 11.8 Å². The van der Waals surface area contributed by atoms with Gasteiger partial charge in [0.2, 0.25) is 0 Å². The lowest BCUT2D eigenvalue weighted by atomic mass is 9.89. The Morgan fingerprint density at radius 3 is 2.17 bits per heavy atom. The highest BCUT2D eigenvalue weighted by molar-refractivity contribution is 5.53. The second-order valence-electron chi connectivity index (χ2n) is 3.32. The van der Waals surface area contributed by atoms with Gasteiger partial charge in [0.05, 0.1) is 12.2 Å². The third-order valence-electron chi connectivity index (χ3n) is 2.32. The molecular formula is C9H18O3. The molecule has 0 spiro atoms. The summed E-state index contributed by atoms with van der Waals surface area (Å²) in [6.45, 7) is 5.24. The molecule has 0 unspecified atom stereocenters. The number of hydrogen-bond donors (Lipinski definition) is 2. The highest BCUT2D eigenvalue weighted by Crippen LogP contribution is 2.16. The van der Waals surface area contributed by atoms with E-state index in [4.69, 9.17) is 0 Å². The van der Waals surface area contributed by atoms with Gasteiger partial charge in [-0.25, -0.2) is 0 Å². The van der Waals surface area contributed by atoms with Crippen LogP contribution < -0.4 is 0 Å². The van der Waals surface area contributed by atoms with Crippen LogP contribution in [0.1, 0.15) is 27.2 Å². The van der Waals surface area contributed by atoms with Gasteiger partial charge in [-0.1, -0.05) is 20.8 Å². The molecular weight excluding hydrogens is 156 g/mol. The molecule has 0 bridgehead atoms. The lowest BCUT2D eigenvalue weighted by Crippen LogP contribution is -2.34. The van der Waals surface area contributed by atoms with Crippen molar-refractivity contribution in [2.75, 3.05) is 0 Å². The summed E-state index contributed by atoms with van der Waals surface area (Å²) in [6.07, 6.45) is 0.0488. The van der Waals surface area contributed by atoms with E-state index in [-0.39, 0.29) is 5.92 Å². The third-order valence-corrected chi connectivity index (χ3v) is 2.32.